The monoisotopic (exact) mass is 415 g/mol. The van der Waals surface area contributed by atoms with Crippen LogP contribution in [0.15, 0.2) is 47.6 Å². The Hall–Kier alpha value is -2.41. The second-order valence-corrected chi connectivity index (χ2v) is 11.1. The summed E-state index contributed by atoms with van der Waals surface area (Å²) >= 11 is 0. The summed E-state index contributed by atoms with van der Waals surface area (Å²) in [4.78, 5) is 18.6. The number of rotatable bonds is 5. The maximum atomic E-state index is 12.5. The largest absolute Gasteiger partial charge is 0.380 e. The number of hydrogen-bond acceptors (Lipinski definition) is 5. The van der Waals surface area contributed by atoms with Crippen molar-refractivity contribution in [2.45, 2.75) is 56.4 Å². The molecule has 2 aromatic rings. The zero-order valence-corrected chi connectivity index (χ0v) is 18.1. The quantitative estimate of drug-likeness (QED) is 0.801. The Morgan fingerprint density at radius 3 is 2.24 bits per heavy atom. The average molecular weight is 416 g/mol. The number of aromatic nitrogens is 1. The van der Waals surface area contributed by atoms with Gasteiger partial charge in [-0.3, -0.25) is 4.79 Å². The lowest BCUT2D eigenvalue weighted by atomic mass is 10.1. The Balaban J connectivity index is 1.59. The second kappa shape index (κ2) is 8.53. The van der Waals surface area contributed by atoms with E-state index in [1.165, 1.54) is 18.7 Å². The maximum absolute atomic E-state index is 12.5. The molecule has 1 aliphatic rings. The number of anilines is 1. The van der Waals surface area contributed by atoms with Crippen molar-refractivity contribution in [2.24, 2.45) is 0 Å². The lowest BCUT2D eigenvalue weighted by Gasteiger charge is -2.26. The Morgan fingerprint density at radius 2 is 1.69 bits per heavy atom. The van der Waals surface area contributed by atoms with E-state index in [0.29, 0.717) is 12.1 Å². The number of hydrogen-bond donors (Lipinski definition) is 1. The normalized spacial score (nSPS) is 15.2. The van der Waals surface area contributed by atoms with Crippen LogP contribution in [0.5, 0.6) is 0 Å². The maximum Gasteiger partial charge on any atom is 0.253 e. The molecular formula is C22H29N3O3S. The second-order valence-electron chi connectivity index (χ2n) is 8.40. The third-order valence-electron chi connectivity index (χ3n) is 5.16. The number of sulfone groups is 1. The van der Waals surface area contributed by atoms with Gasteiger partial charge in [0.25, 0.3) is 5.91 Å². The van der Waals surface area contributed by atoms with Crippen molar-refractivity contribution in [2.75, 3.05) is 18.4 Å². The van der Waals surface area contributed by atoms with Gasteiger partial charge in [0, 0.05) is 25.2 Å². The van der Waals surface area contributed by atoms with E-state index in [-0.39, 0.29) is 10.9 Å². The van der Waals surface area contributed by atoms with Crippen LogP contribution in [0.1, 0.15) is 56.0 Å². The van der Waals surface area contributed by atoms with Crippen molar-refractivity contribution >= 4 is 21.4 Å². The van der Waals surface area contributed by atoms with Crippen LogP contribution in [0.3, 0.4) is 0 Å². The Labute approximate surface area is 173 Å². The van der Waals surface area contributed by atoms with Gasteiger partial charge in [-0.2, -0.15) is 0 Å². The predicted molar refractivity (Wildman–Crippen MR) is 115 cm³/mol. The fraction of sp³-hybridized carbons (Fsp3) is 0.455. The number of amides is 1. The third-order valence-corrected chi connectivity index (χ3v) is 7.56. The smallest absolute Gasteiger partial charge is 0.253 e. The summed E-state index contributed by atoms with van der Waals surface area (Å²) in [5.74, 6) is 0.101. The molecule has 1 aromatic carbocycles. The molecule has 1 fully saturated rings. The van der Waals surface area contributed by atoms with Gasteiger partial charge in [0.2, 0.25) is 0 Å². The van der Waals surface area contributed by atoms with E-state index >= 15 is 0 Å². The molecule has 0 spiro atoms. The molecule has 1 aliphatic heterocycles. The first-order chi connectivity index (χ1) is 13.7. The molecule has 0 bridgehead atoms. The molecule has 0 saturated carbocycles. The van der Waals surface area contributed by atoms with Gasteiger partial charge < -0.3 is 10.2 Å². The van der Waals surface area contributed by atoms with Crippen LogP contribution in [0.4, 0.5) is 5.69 Å². The molecule has 156 valence electrons. The van der Waals surface area contributed by atoms with Gasteiger partial charge in [-0.25, -0.2) is 13.4 Å². The third kappa shape index (κ3) is 4.96. The molecule has 6 nitrogen and oxygen atoms in total. The highest BCUT2D eigenvalue weighted by Gasteiger charge is 2.31. The van der Waals surface area contributed by atoms with Crippen LogP contribution in [-0.2, 0) is 16.4 Å². The van der Waals surface area contributed by atoms with Crippen LogP contribution < -0.4 is 5.32 Å². The Kier molecular flexibility index (Phi) is 6.27. The van der Waals surface area contributed by atoms with Crippen molar-refractivity contribution in [3.05, 3.63) is 53.7 Å². The number of carbonyl (C=O) groups excluding carboxylic acids is 1. The van der Waals surface area contributed by atoms with Gasteiger partial charge in [-0.05, 0) is 69.9 Å². The molecule has 3 rings (SSSR count). The van der Waals surface area contributed by atoms with Crippen LogP contribution >= 0.6 is 0 Å². The molecule has 1 saturated heterocycles. The lowest BCUT2D eigenvalue weighted by Crippen LogP contribution is -2.35. The van der Waals surface area contributed by atoms with E-state index < -0.39 is 14.6 Å². The average Bonchev–Trinajstić information content (AvgIpc) is 2.72. The summed E-state index contributed by atoms with van der Waals surface area (Å²) in [6.45, 7) is 7.24. The first-order valence-electron chi connectivity index (χ1n) is 10.0. The highest BCUT2D eigenvalue weighted by Crippen LogP contribution is 2.24. The molecule has 0 aliphatic carbocycles. The van der Waals surface area contributed by atoms with E-state index in [2.05, 4.69) is 10.3 Å². The number of carbonyl (C=O) groups is 1. The van der Waals surface area contributed by atoms with Crippen LogP contribution in [0.2, 0.25) is 0 Å². The molecule has 2 heterocycles. The lowest BCUT2D eigenvalue weighted by molar-refractivity contribution is 0.0724. The minimum absolute atomic E-state index is 0.0797. The van der Waals surface area contributed by atoms with Gasteiger partial charge >= 0.3 is 0 Å². The van der Waals surface area contributed by atoms with Crippen LogP contribution in [0.25, 0.3) is 0 Å². The van der Waals surface area contributed by atoms with E-state index in [1.54, 1.807) is 26.8 Å². The standard InChI is InChI=1S/C22H29N3O3S/c1-22(2,3)29(27,28)20-12-11-19(16-24-20)23-15-17-7-9-18(10-8-17)21(26)25-13-5-4-6-14-25/h7-12,16,23H,4-6,13-15H2,1-3H3. The number of piperidine rings is 1. The first-order valence-corrected chi connectivity index (χ1v) is 11.5. The zero-order chi connectivity index (χ0) is 21.1. The highest BCUT2D eigenvalue weighted by molar-refractivity contribution is 7.92. The minimum atomic E-state index is -3.46. The molecular weight excluding hydrogens is 386 g/mol. The van der Waals surface area contributed by atoms with Gasteiger partial charge in [-0.1, -0.05) is 12.1 Å². The zero-order valence-electron chi connectivity index (χ0n) is 17.3. The highest BCUT2D eigenvalue weighted by atomic mass is 32.2. The minimum Gasteiger partial charge on any atom is -0.380 e. The molecule has 29 heavy (non-hydrogen) atoms. The molecule has 1 N–H and O–H groups in total. The van der Waals surface area contributed by atoms with E-state index in [0.717, 1.165) is 37.2 Å². The summed E-state index contributed by atoms with van der Waals surface area (Å²) in [7, 11) is -3.46. The first kappa shape index (κ1) is 21.3. The van der Waals surface area contributed by atoms with Crippen LogP contribution in [-0.4, -0.2) is 42.0 Å². The topological polar surface area (TPSA) is 79.4 Å². The fourth-order valence-electron chi connectivity index (χ4n) is 3.21. The molecule has 0 radical (unpaired) electrons. The Bertz CT molecular complexity index is 940. The molecule has 1 aromatic heterocycles. The number of pyridine rings is 1. The van der Waals surface area contributed by atoms with Crippen molar-refractivity contribution < 1.29 is 13.2 Å². The van der Waals surface area contributed by atoms with E-state index in [4.69, 9.17) is 0 Å². The summed E-state index contributed by atoms with van der Waals surface area (Å²) in [6.07, 6.45) is 4.90. The molecule has 0 unspecified atom stereocenters. The molecule has 0 atom stereocenters. The molecule has 7 heteroatoms. The van der Waals surface area contributed by atoms with E-state index in [9.17, 15) is 13.2 Å². The van der Waals surface area contributed by atoms with Crippen LogP contribution in [0, 0.1) is 0 Å². The number of nitrogens with one attached hydrogen (secondary N) is 1. The van der Waals surface area contributed by atoms with Crippen molar-refractivity contribution in [1.82, 2.24) is 9.88 Å². The summed E-state index contributed by atoms with van der Waals surface area (Å²) in [5.41, 5.74) is 2.49. The Morgan fingerprint density at radius 1 is 1.03 bits per heavy atom. The van der Waals surface area contributed by atoms with Crippen molar-refractivity contribution in [3.8, 4) is 0 Å². The van der Waals surface area contributed by atoms with Crippen molar-refractivity contribution in [3.63, 3.8) is 0 Å². The number of nitrogens with zero attached hydrogens (tertiary/aromatic N) is 2. The predicted octanol–water partition coefficient (Wildman–Crippen LogP) is 3.89. The van der Waals surface area contributed by atoms with Gasteiger partial charge in [-0.15, -0.1) is 0 Å². The van der Waals surface area contributed by atoms with Gasteiger partial charge in [0.1, 0.15) is 0 Å². The summed E-state index contributed by atoms with van der Waals surface area (Å²) < 4.78 is 24.0. The SMILES string of the molecule is CC(C)(C)S(=O)(=O)c1ccc(NCc2ccc(C(=O)N3CCCCC3)cc2)cn1. The summed E-state index contributed by atoms with van der Waals surface area (Å²) in [6, 6.07) is 10.9. The van der Waals surface area contributed by atoms with Gasteiger partial charge in [0.15, 0.2) is 14.9 Å². The van der Waals surface area contributed by atoms with Gasteiger partial charge in [0.05, 0.1) is 16.6 Å². The number of benzene rings is 1. The summed E-state index contributed by atoms with van der Waals surface area (Å²) in [5, 5.41) is 3.32. The van der Waals surface area contributed by atoms with E-state index in [1.807, 2.05) is 29.2 Å². The molecule has 1 amide bonds. The van der Waals surface area contributed by atoms with Crippen molar-refractivity contribution in [1.29, 1.82) is 0 Å². The number of likely N-dealkylation sites (tertiary alicyclic amines) is 1. The fourth-order valence-corrected chi connectivity index (χ4v) is 4.27.